The summed E-state index contributed by atoms with van der Waals surface area (Å²) in [6, 6.07) is 0. The summed E-state index contributed by atoms with van der Waals surface area (Å²) in [5, 5.41) is 6.92. The van der Waals surface area contributed by atoms with E-state index in [0.717, 1.165) is 19.3 Å². The van der Waals surface area contributed by atoms with Crippen molar-refractivity contribution in [2.75, 3.05) is 19.4 Å². The summed E-state index contributed by atoms with van der Waals surface area (Å²) in [5.41, 5.74) is 5.98. The number of nitrogens with zero attached hydrogens (tertiary/aromatic N) is 2. The Labute approximate surface area is 106 Å². The van der Waals surface area contributed by atoms with Gasteiger partial charge in [0.25, 0.3) is 0 Å². The normalized spacial score (nSPS) is 17.2. The minimum Gasteiger partial charge on any atom is -0.396 e. The first-order chi connectivity index (χ1) is 8.63. The van der Waals surface area contributed by atoms with E-state index in [1.807, 2.05) is 0 Å². The highest BCUT2D eigenvalue weighted by atomic mass is 16.5. The molecule has 0 unspecified atom stereocenters. The van der Waals surface area contributed by atoms with Gasteiger partial charge in [-0.1, -0.05) is 0 Å². The molecule has 1 aliphatic carbocycles. The van der Waals surface area contributed by atoms with Crippen molar-refractivity contribution in [1.82, 2.24) is 15.1 Å². The van der Waals surface area contributed by atoms with Crippen molar-refractivity contribution in [3.63, 3.8) is 0 Å². The molecule has 0 radical (unpaired) electrons. The highest BCUT2D eigenvalue weighted by Crippen LogP contribution is 2.37. The van der Waals surface area contributed by atoms with Crippen LogP contribution >= 0.6 is 0 Å². The van der Waals surface area contributed by atoms with Crippen molar-refractivity contribution in [3.8, 4) is 0 Å². The Morgan fingerprint density at radius 2 is 2.44 bits per heavy atom. The van der Waals surface area contributed by atoms with Crippen LogP contribution in [-0.2, 0) is 16.1 Å². The van der Waals surface area contributed by atoms with Gasteiger partial charge in [-0.2, -0.15) is 5.10 Å². The molecule has 1 amide bonds. The zero-order chi connectivity index (χ0) is 13.0. The quantitative estimate of drug-likeness (QED) is 0.774. The largest absolute Gasteiger partial charge is 0.396 e. The second-order valence-corrected chi connectivity index (χ2v) is 4.80. The smallest absolute Gasteiger partial charge is 0.222 e. The van der Waals surface area contributed by atoms with Crippen molar-refractivity contribution >= 4 is 11.6 Å². The van der Waals surface area contributed by atoms with E-state index in [-0.39, 0.29) is 11.5 Å². The average Bonchev–Trinajstić information content (AvgIpc) is 2.70. The van der Waals surface area contributed by atoms with E-state index in [2.05, 4.69) is 10.4 Å². The van der Waals surface area contributed by atoms with Crippen LogP contribution in [0.15, 0.2) is 12.4 Å². The van der Waals surface area contributed by atoms with Crippen molar-refractivity contribution in [1.29, 1.82) is 0 Å². The van der Waals surface area contributed by atoms with Gasteiger partial charge in [0.2, 0.25) is 5.91 Å². The first-order valence-electron chi connectivity index (χ1n) is 6.23. The van der Waals surface area contributed by atoms with E-state index in [1.165, 1.54) is 0 Å². The summed E-state index contributed by atoms with van der Waals surface area (Å²) in [6.45, 7) is 1.18. The molecule has 6 nitrogen and oxygen atoms in total. The lowest BCUT2D eigenvalue weighted by molar-refractivity contribution is -0.134. The number of aromatic nitrogens is 2. The third kappa shape index (κ3) is 3.01. The third-order valence-corrected chi connectivity index (χ3v) is 3.50. The SMILES string of the molecule is COC1(CC(=O)NCCn2cc(N)cn2)CCC1. The fraction of sp³-hybridized carbons (Fsp3) is 0.667. The van der Waals surface area contributed by atoms with Crippen LogP contribution < -0.4 is 11.1 Å². The predicted octanol–water partition coefficient (Wildman–Crippen LogP) is 0.541. The lowest BCUT2D eigenvalue weighted by Gasteiger charge is -2.39. The molecule has 18 heavy (non-hydrogen) atoms. The van der Waals surface area contributed by atoms with Crippen molar-refractivity contribution in [2.45, 2.75) is 37.8 Å². The highest BCUT2D eigenvalue weighted by molar-refractivity contribution is 5.77. The van der Waals surface area contributed by atoms with Gasteiger partial charge in [0.15, 0.2) is 0 Å². The molecule has 0 saturated heterocycles. The maximum Gasteiger partial charge on any atom is 0.222 e. The van der Waals surface area contributed by atoms with Gasteiger partial charge < -0.3 is 15.8 Å². The standard InChI is InChI=1S/C12H20N4O2/c1-18-12(3-2-4-12)7-11(17)14-5-6-16-9-10(13)8-15-16/h8-9H,2-7,13H2,1H3,(H,14,17). The van der Waals surface area contributed by atoms with Gasteiger partial charge in [-0.3, -0.25) is 9.48 Å². The Bertz CT molecular complexity index is 406. The summed E-state index contributed by atoms with van der Waals surface area (Å²) in [7, 11) is 1.68. The molecule has 0 atom stereocenters. The first kappa shape index (κ1) is 12.9. The van der Waals surface area contributed by atoms with Crippen LogP contribution in [0.3, 0.4) is 0 Å². The number of carbonyl (C=O) groups excluding carboxylic acids is 1. The maximum atomic E-state index is 11.8. The maximum absolute atomic E-state index is 11.8. The molecule has 0 aromatic carbocycles. The average molecular weight is 252 g/mol. The minimum atomic E-state index is -0.208. The summed E-state index contributed by atoms with van der Waals surface area (Å²) in [6.07, 6.45) is 6.89. The number of carbonyl (C=O) groups is 1. The van der Waals surface area contributed by atoms with Gasteiger partial charge >= 0.3 is 0 Å². The van der Waals surface area contributed by atoms with Crippen molar-refractivity contribution in [3.05, 3.63) is 12.4 Å². The van der Waals surface area contributed by atoms with E-state index in [9.17, 15) is 4.79 Å². The Kier molecular flexibility index (Phi) is 3.86. The number of hydrogen-bond acceptors (Lipinski definition) is 4. The van der Waals surface area contributed by atoms with E-state index >= 15 is 0 Å². The van der Waals surface area contributed by atoms with Crippen LogP contribution in [0.2, 0.25) is 0 Å². The molecule has 3 N–H and O–H groups in total. The van der Waals surface area contributed by atoms with Gasteiger partial charge in [0.1, 0.15) is 0 Å². The lowest BCUT2D eigenvalue weighted by atomic mass is 9.77. The van der Waals surface area contributed by atoms with E-state index in [4.69, 9.17) is 10.5 Å². The van der Waals surface area contributed by atoms with E-state index in [1.54, 1.807) is 24.2 Å². The topological polar surface area (TPSA) is 82.2 Å². The molecular formula is C12H20N4O2. The number of nitrogens with two attached hydrogens (primary N) is 1. The highest BCUT2D eigenvalue weighted by Gasteiger charge is 2.38. The molecular weight excluding hydrogens is 232 g/mol. The van der Waals surface area contributed by atoms with E-state index < -0.39 is 0 Å². The Morgan fingerprint density at radius 1 is 1.67 bits per heavy atom. The third-order valence-electron chi connectivity index (χ3n) is 3.50. The van der Waals surface area contributed by atoms with Crippen LogP contribution in [0.4, 0.5) is 5.69 Å². The Hall–Kier alpha value is -1.56. The number of methoxy groups -OCH3 is 1. The molecule has 1 aliphatic rings. The fourth-order valence-corrected chi connectivity index (χ4v) is 2.19. The molecule has 1 fully saturated rings. The second-order valence-electron chi connectivity index (χ2n) is 4.80. The van der Waals surface area contributed by atoms with Crippen LogP contribution in [0.1, 0.15) is 25.7 Å². The number of hydrogen-bond donors (Lipinski definition) is 2. The van der Waals surface area contributed by atoms with Crippen molar-refractivity contribution < 1.29 is 9.53 Å². The lowest BCUT2D eigenvalue weighted by Crippen LogP contribution is -2.44. The number of nitrogen functional groups attached to an aromatic ring is 1. The van der Waals surface area contributed by atoms with Gasteiger partial charge in [-0.25, -0.2) is 0 Å². The molecule has 6 heteroatoms. The first-order valence-corrected chi connectivity index (χ1v) is 6.23. The van der Waals surface area contributed by atoms with Crippen LogP contribution in [-0.4, -0.2) is 34.9 Å². The molecule has 0 aliphatic heterocycles. The number of amides is 1. The second kappa shape index (κ2) is 5.39. The Morgan fingerprint density at radius 3 is 2.94 bits per heavy atom. The molecule has 1 saturated carbocycles. The van der Waals surface area contributed by atoms with E-state index in [0.29, 0.717) is 25.2 Å². The van der Waals surface area contributed by atoms with Gasteiger partial charge in [-0.15, -0.1) is 0 Å². The molecule has 100 valence electrons. The summed E-state index contributed by atoms with van der Waals surface area (Å²) < 4.78 is 7.13. The number of nitrogens with one attached hydrogen (secondary N) is 1. The number of anilines is 1. The zero-order valence-electron chi connectivity index (χ0n) is 10.7. The van der Waals surface area contributed by atoms with Crippen molar-refractivity contribution in [2.24, 2.45) is 0 Å². The zero-order valence-corrected chi connectivity index (χ0v) is 10.7. The molecule has 0 spiro atoms. The summed E-state index contributed by atoms with van der Waals surface area (Å²) >= 11 is 0. The monoisotopic (exact) mass is 252 g/mol. The predicted molar refractivity (Wildman–Crippen MR) is 67.9 cm³/mol. The molecule has 1 aromatic heterocycles. The minimum absolute atomic E-state index is 0.0386. The Balaban J connectivity index is 1.69. The van der Waals surface area contributed by atoms with Gasteiger partial charge in [-0.05, 0) is 19.3 Å². The summed E-state index contributed by atoms with van der Waals surface area (Å²) in [4.78, 5) is 11.8. The molecule has 0 bridgehead atoms. The summed E-state index contributed by atoms with van der Waals surface area (Å²) in [5.74, 6) is 0.0386. The van der Waals surface area contributed by atoms with Gasteiger partial charge in [0.05, 0.1) is 30.5 Å². The van der Waals surface area contributed by atoms with Crippen LogP contribution in [0.5, 0.6) is 0 Å². The van der Waals surface area contributed by atoms with Crippen LogP contribution in [0.25, 0.3) is 0 Å². The van der Waals surface area contributed by atoms with Gasteiger partial charge in [0, 0.05) is 19.9 Å². The molecule has 1 heterocycles. The number of rotatable bonds is 6. The fourth-order valence-electron chi connectivity index (χ4n) is 2.19. The molecule has 1 aromatic rings. The number of ether oxygens (including phenoxy) is 1. The molecule has 2 rings (SSSR count). The van der Waals surface area contributed by atoms with Crippen LogP contribution in [0, 0.1) is 0 Å².